The molecule has 0 saturated carbocycles. The molecule has 1 fully saturated rings. The number of hydrogen-bond acceptors (Lipinski definition) is 5. The van der Waals surface area contributed by atoms with Crippen LogP contribution in [0, 0.1) is 0 Å². The minimum absolute atomic E-state index is 0.105. The SMILES string of the molecule is O=[C]OCC1SC(=O)NC1=O. The number of ether oxygens (including phenoxy) is 1. The van der Waals surface area contributed by atoms with Crippen LogP contribution in [0.4, 0.5) is 4.79 Å². The molecule has 0 spiro atoms. The van der Waals surface area contributed by atoms with Gasteiger partial charge in [0.25, 0.3) is 5.24 Å². The number of rotatable bonds is 3. The average molecular weight is 174 g/mol. The zero-order chi connectivity index (χ0) is 8.27. The monoisotopic (exact) mass is 174 g/mol. The topological polar surface area (TPSA) is 72.5 Å². The lowest BCUT2D eigenvalue weighted by Crippen LogP contribution is -2.26. The standard InChI is InChI=1S/C5H4NO4S/c7-2-10-1-3-4(8)6-5(9)11-3/h3H,1H2,(H,6,8,9). The van der Waals surface area contributed by atoms with Crippen molar-refractivity contribution in [3.63, 3.8) is 0 Å². The van der Waals surface area contributed by atoms with Crippen LogP contribution in [-0.2, 0) is 14.3 Å². The van der Waals surface area contributed by atoms with Crippen molar-refractivity contribution < 1.29 is 19.1 Å². The van der Waals surface area contributed by atoms with Gasteiger partial charge in [0, 0.05) is 0 Å². The molecule has 0 aromatic carbocycles. The third-order valence-electron chi connectivity index (χ3n) is 1.06. The van der Waals surface area contributed by atoms with E-state index in [9.17, 15) is 14.4 Å². The van der Waals surface area contributed by atoms with E-state index in [0.29, 0.717) is 0 Å². The van der Waals surface area contributed by atoms with Crippen LogP contribution in [-0.4, -0.2) is 29.5 Å². The summed E-state index contributed by atoms with van der Waals surface area (Å²) in [5.74, 6) is -0.421. The molecule has 1 aliphatic heterocycles. The van der Waals surface area contributed by atoms with Gasteiger partial charge in [-0.1, -0.05) is 0 Å². The Kier molecular flexibility index (Phi) is 2.48. The molecular weight excluding hydrogens is 170 g/mol. The summed E-state index contributed by atoms with van der Waals surface area (Å²) < 4.78 is 4.20. The molecule has 11 heavy (non-hydrogen) atoms. The van der Waals surface area contributed by atoms with Crippen LogP contribution in [0.5, 0.6) is 0 Å². The summed E-state index contributed by atoms with van der Waals surface area (Å²) >= 11 is 0.810. The van der Waals surface area contributed by atoms with Gasteiger partial charge in [-0.15, -0.1) is 0 Å². The van der Waals surface area contributed by atoms with Crippen molar-refractivity contribution in [1.29, 1.82) is 0 Å². The number of hydrogen-bond donors (Lipinski definition) is 1. The predicted molar refractivity (Wildman–Crippen MR) is 36.6 cm³/mol. The molecule has 0 aromatic rings. The lowest BCUT2D eigenvalue weighted by Gasteiger charge is -1.99. The Labute approximate surface area is 66.5 Å². The van der Waals surface area contributed by atoms with E-state index in [1.807, 2.05) is 0 Å². The Balaban J connectivity index is 2.40. The Morgan fingerprint density at radius 2 is 2.36 bits per heavy atom. The molecule has 1 heterocycles. The van der Waals surface area contributed by atoms with E-state index in [-0.39, 0.29) is 6.61 Å². The van der Waals surface area contributed by atoms with E-state index in [1.54, 1.807) is 0 Å². The third-order valence-corrected chi connectivity index (χ3v) is 2.01. The summed E-state index contributed by atoms with van der Waals surface area (Å²) in [7, 11) is 0. The number of amides is 2. The Hall–Kier alpha value is -1.04. The van der Waals surface area contributed by atoms with Crippen molar-refractivity contribution in [3.05, 3.63) is 0 Å². The second-order valence-electron chi connectivity index (χ2n) is 1.78. The number of carbonyl (C=O) groups is 2. The average Bonchev–Trinajstić information content (AvgIpc) is 2.26. The van der Waals surface area contributed by atoms with Gasteiger partial charge >= 0.3 is 6.47 Å². The fourth-order valence-electron chi connectivity index (χ4n) is 0.613. The molecule has 2 amide bonds. The quantitative estimate of drug-likeness (QED) is 0.619. The van der Waals surface area contributed by atoms with Crippen molar-refractivity contribution in [2.45, 2.75) is 5.25 Å². The van der Waals surface area contributed by atoms with E-state index in [2.05, 4.69) is 10.1 Å². The predicted octanol–water partition coefficient (Wildman–Crippen LogP) is -0.578. The number of carbonyl (C=O) groups excluding carboxylic acids is 3. The molecule has 0 aromatic heterocycles. The van der Waals surface area contributed by atoms with Crippen LogP contribution >= 0.6 is 11.8 Å². The summed E-state index contributed by atoms with van der Waals surface area (Å²) in [5, 5.41) is 1.04. The van der Waals surface area contributed by atoms with Crippen LogP contribution in [0.1, 0.15) is 0 Å². The number of nitrogens with one attached hydrogen (secondary N) is 1. The van der Waals surface area contributed by atoms with Gasteiger partial charge < -0.3 is 4.74 Å². The third kappa shape index (κ3) is 1.94. The summed E-state index contributed by atoms with van der Waals surface area (Å²) in [6.07, 6.45) is 0. The van der Waals surface area contributed by atoms with E-state index in [0.717, 1.165) is 11.8 Å². The molecule has 1 rings (SSSR count). The molecular formula is C5H4NO4S. The molecule has 0 aliphatic carbocycles. The lowest BCUT2D eigenvalue weighted by molar-refractivity contribution is -0.119. The molecule has 6 heteroatoms. The van der Waals surface area contributed by atoms with Crippen LogP contribution in [0.3, 0.4) is 0 Å². The maximum atomic E-state index is 10.7. The first kappa shape index (κ1) is 8.06. The van der Waals surface area contributed by atoms with Crippen LogP contribution in [0.15, 0.2) is 0 Å². The fourth-order valence-corrected chi connectivity index (χ4v) is 1.33. The Morgan fingerprint density at radius 1 is 1.64 bits per heavy atom. The van der Waals surface area contributed by atoms with Crippen molar-refractivity contribution >= 4 is 29.4 Å². The maximum Gasteiger partial charge on any atom is 0.417 e. The highest BCUT2D eigenvalue weighted by molar-refractivity contribution is 8.15. The molecule has 0 bridgehead atoms. The smallest absolute Gasteiger partial charge is 0.417 e. The molecule has 1 radical (unpaired) electrons. The minimum atomic E-state index is -0.607. The second kappa shape index (κ2) is 3.38. The van der Waals surface area contributed by atoms with Crippen LogP contribution in [0.25, 0.3) is 0 Å². The highest BCUT2D eigenvalue weighted by Crippen LogP contribution is 2.18. The van der Waals surface area contributed by atoms with Gasteiger partial charge in [0.15, 0.2) is 0 Å². The van der Waals surface area contributed by atoms with Gasteiger partial charge in [0.1, 0.15) is 11.9 Å². The summed E-state index contributed by atoms with van der Waals surface area (Å²) in [4.78, 5) is 30.8. The highest BCUT2D eigenvalue weighted by Gasteiger charge is 2.31. The molecule has 1 unspecified atom stereocenters. The van der Waals surface area contributed by atoms with Crippen molar-refractivity contribution in [1.82, 2.24) is 5.32 Å². The summed E-state index contributed by atoms with van der Waals surface area (Å²) in [6, 6.07) is 0. The van der Waals surface area contributed by atoms with Gasteiger partial charge in [-0.2, -0.15) is 0 Å². The molecule has 1 atom stereocenters. The van der Waals surface area contributed by atoms with Crippen LogP contribution < -0.4 is 5.32 Å². The number of imide groups is 1. The van der Waals surface area contributed by atoms with Gasteiger partial charge in [0.2, 0.25) is 5.91 Å². The highest BCUT2D eigenvalue weighted by atomic mass is 32.2. The van der Waals surface area contributed by atoms with Gasteiger partial charge in [-0.25, -0.2) is 4.79 Å². The fraction of sp³-hybridized carbons (Fsp3) is 0.400. The Bertz CT molecular complexity index is 205. The first-order chi connectivity index (χ1) is 5.24. The van der Waals surface area contributed by atoms with Crippen molar-refractivity contribution in [2.75, 3.05) is 6.61 Å². The van der Waals surface area contributed by atoms with Crippen LogP contribution in [0.2, 0.25) is 0 Å². The van der Waals surface area contributed by atoms with Crippen molar-refractivity contribution in [2.24, 2.45) is 0 Å². The molecule has 59 valence electrons. The van der Waals surface area contributed by atoms with E-state index >= 15 is 0 Å². The second-order valence-corrected chi connectivity index (χ2v) is 2.95. The molecule has 1 aliphatic rings. The van der Waals surface area contributed by atoms with Gasteiger partial charge in [-0.05, 0) is 11.8 Å². The minimum Gasteiger partial charge on any atom is -0.456 e. The zero-order valence-electron chi connectivity index (χ0n) is 5.33. The van der Waals surface area contributed by atoms with Crippen molar-refractivity contribution in [3.8, 4) is 0 Å². The maximum absolute atomic E-state index is 10.7. The van der Waals surface area contributed by atoms with Gasteiger partial charge in [0.05, 0.1) is 0 Å². The van der Waals surface area contributed by atoms with E-state index < -0.39 is 16.4 Å². The Morgan fingerprint density at radius 3 is 2.82 bits per heavy atom. The van der Waals surface area contributed by atoms with Gasteiger partial charge in [-0.3, -0.25) is 14.9 Å². The summed E-state index contributed by atoms with van der Waals surface area (Å²) in [6.45, 7) is 1.07. The molecule has 1 N–H and O–H groups in total. The van der Waals surface area contributed by atoms with E-state index in [1.165, 1.54) is 6.47 Å². The molecule has 5 nitrogen and oxygen atoms in total. The van der Waals surface area contributed by atoms with E-state index in [4.69, 9.17) is 0 Å². The molecule has 1 saturated heterocycles. The largest absolute Gasteiger partial charge is 0.456 e. The lowest BCUT2D eigenvalue weighted by atomic mass is 10.4. The first-order valence-electron chi connectivity index (χ1n) is 2.74. The normalized spacial score (nSPS) is 23.1. The number of thioether (sulfide) groups is 1. The zero-order valence-corrected chi connectivity index (χ0v) is 6.14. The first-order valence-corrected chi connectivity index (χ1v) is 3.62. The summed E-state index contributed by atoms with van der Waals surface area (Å²) in [5.41, 5.74) is 0.